The number of fused-ring (bicyclic) bond motifs is 10. The number of hydrogen-bond acceptors (Lipinski definition) is 0. The third-order valence-electron chi connectivity index (χ3n) is 15.7. The van der Waals surface area contributed by atoms with E-state index in [2.05, 4.69) is 225 Å². The molecule has 12 aromatic rings. The molecular weight excluding hydrogens is 781 g/mol. The van der Waals surface area contributed by atoms with Gasteiger partial charge in [0.05, 0.1) is 0 Å². The zero-order chi connectivity index (χ0) is 42.5. The summed E-state index contributed by atoms with van der Waals surface area (Å²) >= 11 is 0. The Morgan fingerprint density at radius 2 is 0.738 bits per heavy atom. The average Bonchev–Trinajstić information content (AvgIpc) is 3.84. The molecule has 15 rings (SSSR count). The molecule has 3 aliphatic rings. The van der Waals surface area contributed by atoms with Gasteiger partial charge in [-0.2, -0.15) is 0 Å². The van der Waals surface area contributed by atoms with Gasteiger partial charge in [-0.3, -0.25) is 0 Å². The smallest absolute Gasteiger partial charge is 0.0302 e. The molecule has 12 aromatic carbocycles. The lowest BCUT2D eigenvalue weighted by atomic mass is 9.61. The Bertz CT molecular complexity index is 4000. The number of benzene rings is 12. The standard InChI is InChI=1S/C65H40/c1-65-53-37-36-48-46-31-34-51-59-50(61-54(38-18-6-2-7-19-38)42-26-14-15-27-43(42)55(62(51)61)39-20-8-3-9-21-39)33-30-45(57(46)59)47-32-35-52(60(53)58(47)48)64(65)56(40-22-10-4-11-23-40)44-28-16-17-29-49(44)63(65)41-24-12-5-13-25-41/h2-37,64H,1H3. The molecule has 0 fully saturated rings. The Morgan fingerprint density at radius 1 is 0.308 bits per heavy atom. The third-order valence-corrected chi connectivity index (χ3v) is 15.7. The fourth-order valence-corrected chi connectivity index (χ4v) is 13.4. The molecule has 0 radical (unpaired) electrons. The molecule has 0 aromatic heterocycles. The summed E-state index contributed by atoms with van der Waals surface area (Å²) in [4.78, 5) is 0. The van der Waals surface area contributed by atoms with E-state index in [-0.39, 0.29) is 11.3 Å². The largest absolute Gasteiger partial charge is 0.0622 e. The van der Waals surface area contributed by atoms with Gasteiger partial charge in [0.25, 0.3) is 0 Å². The molecule has 3 aliphatic carbocycles. The summed E-state index contributed by atoms with van der Waals surface area (Å²) in [5.74, 6) is 0.124. The van der Waals surface area contributed by atoms with Gasteiger partial charge in [-0.05, 0) is 142 Å². The van der Waals surface area contributed by atoms with Crippen LogP contribution in [0, 0.1) is 0 Å². The molecule has 0 saturated heterocycles. The quantitative estimate of drug-likeness (QED) is 0.123. The van der Waals surface area contributed by atoms with Crippen molar-refractivity contribution in [2.75, 3.05) is 0 Å². The fourth-order valence-electron chi connectivity index (χ4n) is 13.4. The highest BCUT2D eigenvalue weighted by Gasteiger charge is 2.51. The molecule has 0 N–H and O–H groups in total. The van der Waals surface area contributed by atoms with Crippen LogP contribution < -0.4 is 10.4 Å². The Balaban J connectivity index is 1.07. The minimum atomic E-state index is -0.322. The summed E-state index contributed by atoms with van der Waals surface area (Å²) in [7, 11) is 0. The fraction of sp³-hybridized carbons (Fsp3) is 0.0462. The molecule has 0 aliphatic heterocycles. The zero-order valence-electron chi connectivity index (χ0n) is 35.9. The highest BCUT2D eigenvalue weighted by Crippen LogP contribution is 2.64. The summed E-state index contributed by atoms with van der Waals surface area (Å²) in [6, 6.07) is 82.6. The highest BCUT2D eigenvalue weighted by atomic mass is 14.5. The van der Waals surface area contributed by atoms with E-state index in [1.807, 2.05) is 0 Å². The minimum absolute atomic E-state index is 0.124. The molecule has 2 unspecified atom stereocenters. The molecule has 0 nitrogen and oxygen atoms in total. The van der Waals surface area contributed by atoms with Gasteiger partial charge < -0.3 is 0 Å². The summed E-state index contributed by atoms with van der Waals surface area (Å²) in [6.07, 6.45) is 0. The van der Waals surface area contributed by atoms with Crippen LogP contribution in [-0.4, -0.2) is 0 Å². The maximum absolute atomic E-state index is 2.55. The van der Waals surface area contributed by atoms with Crippen LogP contribution in [0.15, 0.2) is 218 Å². The Labute approximate surface area is 377 Å². The van der Waals surface area contributed by atoms with Crippen LogP contribution in [0.3, 0.4) is 0 Å². The highest BCUT2D eigenvalue weighted by molar-refractivity contribution is 6.39. The predicted molar refractivity (Wildman–Crippen MR) is 274 cm³/mol. The summed E-state index contributed by atoms with van der Waals surface area (Å²) in [5, 5.41) is 16.2. The van der Waals surface area contributed by atoms with Crippen LogP contribution in [-0.2, 0) is 5.41 Å². The number of rotatable bonds is 4. The number of hydrogen-bond donors (Lipinski definition) is 0. The Kier molecular flexibility index (Phi) is 6.96. The monoisotopic (exact) mass is 820 g/mol. The van der Waals surface area contributed by atoms with E-state index < -0.39 is 0 Å². The van der Waals surface area contributed by atoms with Crippen molar-refractivity contribution in [2.45, 2.75) is 18.3 Å². The second kappa shape index (κ2) is 12.8. The molecule has 0 heterocycles. The first-order chi connectivity index (χ1) is 32.2. The topological polar surface area (TPSA) is 0 Å². The van der Waals surface area contributed by atoms with Gasteiger partial charge in [0.15, 0.2) is 0 Å². The minimum Gasteiger partial charge on any atom is -0.0622 e. The normalized spacial score (nSPS) is 16.8. The van der Waals surface area contributed by atoms with Gasteiger partial charge in [-0.15, -0.1) is 0 Å². The summed E-state index contributed by atoms with van der Waals surface area (Å²) in [6.45, 7) is 2.55. The van der Waals surface area contributed by atoms with Crippen LogP contribution in [0.1, 0.15) is 35.1 Å². The zero-order valence-corrected chi connectivity index (χ0v) is 35.9. The maximum Gasteiger partial charge on any atom is 0.0302 e. The van der Waals surface area contributed by atoms with Crippen molar-refractivity contribution in [3.8, 4) is 44.5 Å². The van der Waals surface area contributed by atoms with Crippen molar-refractivity contribution < 1.29 is 0 Å². The SMILES string of the molecule is CC12C(c3ccccc3)=c3ccccc3=C(c3ccccc3)C1c1ccc3c4ccc5c6c(ccc(c7ccc2c1c37)c64)-c1c-5c(-c2ccccc2)c2ccccc2c1-c1ccccc1. The predicted octanol–water partition coefficient (Wildman–Crippen LogP) is 15.3. The van der Waals surface area contributed by atoms with Gasteiger partial charge in [-0.25, -0.2) is 0 Å². The van der Waals surface area contributed by atoms with Crippen LogP contribution in [0.5, 0.6) is 0 Å². The van der Waals surface area contributed by atoms with E-state index in [0.29, 0.717) is 0 Å². The molecule has 0 amide bonds. The van der Waals surface area contributed by atoms with Crippen molar-refractivity contribution >= 4 is 65.0 Å². The van der Waals surface area contributed by atoms with Crippen molar-refractivity contribution in [2.24, 2.45) is 0 Å². The second-order valence-electron chi connectivity index (χ2n) is 18.7. The van der Waals surface area contributed by atoms with Crippen molar-refractivity contribution in [3.05, 3.63) is 251 Å². The van der Waals surface area contributed by atoms with Gasteiger partial charge >= 0.3 is 0 Å². The van der Waals surface area contributed by atoms with Crippen LogP contribution in [0.25, 0.3) is 110 Å². The van der Waals surface area contributed by atoms with E-state index in [0.717, 1.165) is 0 Å². The van der Waals surface area contributed by atoms with Crippen LogP contribution in [0.2, 0.25) is 0 Å². The molecule has 0 bridgehead atoms. The van der Waals surface area contributed by atoms with Crippen molar-refractivity contribution in [1.82, 2.24) is 0 Å². The lowest BCUT2D eigenvalue weighted by molar-refractivity contribution is 0.576. The summed E-state index contributed by atoms with van der Waals surface area (Å²) in [5.41, 5.74) is 18.4. The lowest BCUT2D eigenvalue weighted by Gasteiger charge is -2.41. The van der Waals surface area contributed by atoms with Gasteiger partial charge in [0, 0.05) is 11.3 Å². The molecule has 2 atom stereocenters. The van der Waals surface area contributed by atoms with E-state index >= 15 is 0 Å². The van der Waals surface area contributed by atoms with Crippen molar-refractivity contribution in [3.63, 3.8) is 0 Å². The first kappa shape index (κ1) is 35.4. The molecule has 300 valence electrons. The van der Waals surface area contributed by atoms with Crippen LogP contribution in [0.4, 0.5) is 0 Å². The van der Waals surface area contributed by atoms with Gasteiger partial charge in [0.2, 0.25) is 0 Å². The van der Waals surface area contributed by atoms with Gasteiger partial charge in [-0.1, -0.05) is 225 Å². The molecular formula is C65H40. The van der Waals surface area contributed by atoms with Crippen LogP contribution >= 0.6 is 0 Å². The summed E-state index contributed by atoms with van der Waals surface area (Å²) < 4.78 is 0. The Morgan fingerprint density at radius 3 is 1.29 bits per heavy atom. The first-order valence-corrected chi connectivity index (χ1v) is 23.1. The average molecular weight is 821 g/mol. The molecule has 0 spiro atoms. The molecule has 65 heavy (non-hydrogen) atoms. The Hall–Kier alpha value is -8.06. The van der Waals surface area contributed by atoms with Gasteiger partial charge in [0.1, 0.15) is 0 Å². The third kappa shape index (κ3) is 4.42. The maximum atomic E-state index is 2.55. The van der Waals surface area contributed by atoms with E-state index in [4.69, 9.17) is 0 Å². The van der Waals surface area contributed by atoms with Crippen molar-refractivity contribution in [1.29, 1.82) is 0 Å². The second-order valence-corrected chi connectivity index (χ2v) is 18.7. The first-order valence-electron chi connectivity index (χ1n) is 23.1. The lowest BCUT2D eigenvalue weighted by Crippen LogP contribution is -2.45. The molecule has 0 saturated carbocycles. The van der Waals surface area contributed by atoms with E-state index in [9.17, 15) is 0 Å². The molecule has 0 heteroatoms. The van der Waals surface area contributed by atoms with E-state index in [1.165, 1.54) is 142 Å². The van der Waals surface area contributed by atoms with E-state index in [1.54, 1.807) is 0 Å².